The van der Waals surface area contributed by atoms with E-state index in [4.69, 9.17) is 9.47 Å². The Kier molecular flexibility index (Phi) is 6.74. The van der Waals surface area contributed by atoms with Gasteiger partial charge in [0.2, 0.25) is 5.91 Å². The first-order valence-electron chi connectivity index (χ1n) is 10.1. The summed E-state index contributed by atoms with van der Waals surface area (Å²) in [5, 5.41) is 2.94. The van der Waals surface area contributed by atoms with Crippen molar-refractivity contribution in [1.82, 2.24) is 14.8 Å². The standard InChI is InChI=1S/C21H26FN3O3S/c22-17-3-5-19(6-4-17)28-14-20-23-18(15-29-20)13-24-7-1-2-16(12-24)21(26)25-8-10-27-11-9-25/h3-6,15-16H,1-2,7-14H2/t16-/m1/s1. The van der Waals surface area contributed by atoms with E-state index >= 15 is 0 Å². The van der Waals surface area contributed by atoms with Crippen LogP contribution in [0.4, 0.5) is 4.39 Å². The molecule has 1 atom stereocenters. The summed E-state index contributed by atoms with van der Waals surface area (Å²) in [6, 6.07) is 5.99. The van der Waals surface area contributed by atoms with Gasteiger partial charge < -0.3 is 14.4 Å². The molecule has 4 rings (SSSR count). The monoisotopic (exact) mass is 419 g/mol. The summed E-state index contributed by atoms with van der Waals surface area (Å²) in [6.07, 6.45) is 1.99. The molecule has 1 aromatic heterocycles. The second-order valence-corrected chi connectivity index (χ2v) is 8.43. The fourth-order valence-electron chi connectivity index (χ4n) is 3.84. The Morgan fingerprint density at radius 1 is 1.24 bits per heavy atom. The Bertz CT molecular complexity index is 808. The van der Waals surface area contributed by atoms with E-state index in [0.29, 0.717) is 38.7 Å². The zero-order chi connectivity index (χ0) is 20.1. The molecule has 1 amide bonds. The van der Waals surface area contributed by atoms with Gasteiger partial charge in [0.1, 0.15) is 23.2 Å². The number of halogens is 1. The summed E-state index contributed by atoms with van der Waals surface area (Å²) < 4.78 is 24.0. The third-order valence-corrected chi connectivity index (χ3v) is 6.21. The number of thiazole rings is 1. The van der Waals surface area contributed by atoms with E-state index in [2.05, 4.69) is 15.3 Å². The van der Waals surface area contributed by atoms with E-state index in [1.54, 1.807) is 23.5 Å². The van der Waals surface area contributed by atoms with Crippen molar-refractivity contribution in [3.05, 3.63) is 46.2 Å². The third-order valence-electron chi connectivity index (χ3n) is 5.34. The van der Waals surface area contributed by atoms with Gasteiger partial charge in [0.25, 0.3) is 0 Å². The second-order valence-electron chi connectivity index (χ2n) is 7.49. The van der Waals surface area contributed by atoms with Gasteiger partial charge in [0.15, 0.2) is 0 Å². The minimum atomic E-state index is -0.277. The highest BCUT2D eigenvalue weighted by atomic mass is 32.1. The summed E-state index contributed by atoms with van der Waals surface area (Å²) >= 11 is 1.56. The van der Waals surface area contributed by atoms with Crippen LogP contribution in [0.1, 0.15) is 23.5 Å². The predicted octanol–water partition coefficient (Wildman–Crippen LogP) is 2.93. The van der Waals surface area contributed by atoms with E-state index in [0.717, 1.165) is 43.2 Å². The molecule has 0 bridgehead atoms. The van der Waals surface area contributed by atoms with Gasteiger partial charge >= 0.3 is 0 Å². The van der Waals surface area contributed by atoms with Gasteiger partial charge in [-0.3, -0.25) is 9.69 Å². The van der Waals surface area contributed by atoms with Gasteiger partial charge in [-0.05, 0) is 43.7 Å². The molecule has 3 heterocycles. The molecular formula is C21H26FN3O3S. The maximum Gasteiger partial charge on any atom is 0.227 e. The van der Waals surface area contributed by atoms with Crippen LogP contribution < -0.4 is 4.74 Å². The summed E-state index contributed by atoms with van der Waals surface area (Å²) in [5.74, 6) is 0.691. The summed E-state index contributed by atoms with van der Waals surface area (Å²) in [5.41, 5.74) is 1.01. The van der Waals surface area contributed by atoms with Gasteiger partial charge in [-0.1, -0.05) is 0 Å². The van der Waals surface area contributed by atoms with Crippen molar-refractivity contribution >= 4 is 17.2 Å². The summed E-state index contributed by atoms with van der Waals surface area (Å²) in [4.78, 5) is 21.7. The number of piperidine rings is 1. The van der Waals surface area contributed by atoms with E-state index in [9.17, 15) is 9.18 Å². The number of aromatic nitrogens is 1. The number of nitrogens with zero attached hydrogens (tertiary/aromatic N) is 3. The molecule has 29 heavy (non-hydrogen) atoms. The molecule has 0 radical (unpaired) electrons. The van der Waals surface area contributed by atoms with Crippen LogP contribution in [0.15, 0.2) is 29.6 Å². The number of benzene rings is 1. The highest BCUT2D eigenvalue weighted by Crippen LogP contribution is 2.22. The Hall–Kier alpha value is -2.03. The highest BCUT2D eigenvalue weighted by Gasteiger charge is 2.30. The van der Waals surface area contributed by atoms with Gasteiger partial charge in [0, 0.05) is 31.6 Å². The van der Waals surface area contributed by atoms with Crippen molar-refractivity contribution < 1.29 is 18.7 Å². The lowest BCUT2D eigenvalue weighted by molar-refractivity contribution is -0.141. The molecule has 8 heteroatoms. The summed E-state index contributed by atoms with van der Waals surface area (Å²) in [6.45, 7) is 5.60. The fraction of sp³-hybridized carbons (Fsp3) is 0.524. The van der Waals surface area contributed by atoms with Crippen molar-refractivity contribution in [3.8, 4) is 5.75 Å². The molecule has 2 fully saturated rings. The van der Waals surface area contributed by atoms with Crippen LogP contribution in [-0.4, -0.2) is 60.1 Å². The van der Waals surface area contributed by atoms with Crippen molar-refractivity contribution in [3.63, 3.8) is 0 Å². The fourth-order valence-corrected chi connectivity index (χ4v) is 4.53. The Balaban J connectivity index is 1.27. The molecule has 0 unspecified atom stereocenters. The lowest BCUT2D eigenvalue weighted by atomic mass is 9.96. The van der Waals surface area contributed by atoms with Crippen molar-refractivity contribution in [1.29, 1.82) is 0 Å². The Morgan fingerprint density at radius 2 is 2.03 bits per heavy atom. The molecule has 2 aliphatic rings. The average Bonchev–Trinajstić information content (AvgIpc) is 3.21. The number of hydrogen-bond donors (Lipinski definition) is 0. The topological polar surface area (TPSA) is 54.9 Å². The largest absolute Gasteiger partial charge is 0.486 e. The highest BCUT2D eigenvalue weighted by molar-refractivity contribution is 7.09. The van der Waals surface area contributed by atoms with Crippen molar-refractivity contribution in [2.24, 2.45) is 5.92 Å². The molecule has 2 saturated heterocycles. The zero-order valence-corrected chi connectivity index (χ0v) is 17.2. The number of morpholine rings is 1. The van der Waals surface area contributed by atoms with Crippen LogP contribution in [0, 0.1) is 11.7 Å². The van der Waals surface area contributed by atoms with Gasteiger partial charge in [-0.15, -0.1) is 11.3 Å². The first-order chi connectivity index (χ1) is 14.2. The zero-order valence-electron chi connectivity index (χ0n) is 16.4. The van der Waals surface area contributed by atoms with Crippen molar-refractivity contribution in [2.45, 2.75) is 26.0 Å². The molecule has 2 aromatic rings. The van der Waals surface area contributed by atoms with Gasteiger partial charge in [-0.25, -0.2) is 9.37 Å². The van der Waals surface area contributed by atoms with Crippen LogP contribution in [0.2, 0.25) is 0 Å². The maximum absolute atomic E-state index is 13.0. The predicted molar refractivity (Wildman–Crippen MR) is 108 cm³/mol. The van der Waals surface area contributed by atoms with E-state index < -0.39 is 0 Å². The van der Waals surface area contributed by atoms with Crippen molar-refractivity contribution in [2.75, 3.05) is 39.4 Å². The molecule has 1 aromatic carbocycles. The maximum atomic E-state index is 13.0. The molecule has 2 aliphatic heterocycles. The second kappa shape index (κ2) is 9.65. The third kappa shape index (κ3) is 5.52. The lowest BCUT2D eigenvalue weighted by Gasteiger charge is -2.36. The molecule has 156 valence electrons. The molecule has 0 N–H and O–H groups in total. The number of carbonyl (C=O) groups excluding carboxylic acids is 1. The van der Waals surface area contributed by atoms with Crippen LogP contribution in [0.3, 0.4) is 0 Å². The summed E-state index contributed by atoms with van der Waals surface area (Å²) in [7, 11) is 0. The quantitative estimate of drug-likeness (QED) is 0.721. The van der Waals surface area contributed by atoms with Crippen LogP contribution in [0.25, 0.3) is 0 Å². The number of amides is 1. The average molecular weight is 420 g/mol. The first kappa shape index (κ1) is 20.3. The number of ether oxygens (including phenoxy) is 2. The number of likely N-dealkylation sites (tertiary alicyclic amines) is 1. The molecule has 0 saturated carbocycles. The van der Waals surface area contributed by atoms with Crippen LogP contribution in [-0.2, 0) is 22.7 Å². The van der Waals surface area contributed by atoms with Gasteiger partial charge in [0.05, 0.1) is 24.8 Å². The Morgan fingerprint density at radius 3 is 2.83 bits per heavy atom. The van der Waals surface area contributed by atoms with E-state index in [1.165, 1.54) is 12.1 Å². The normalized spacial score (nSPS) is 20.6. The van der Waals surface area contributed by atoms with Gasteiger partial charge in [-0.2, -0.15) is 0 Å². The first-order valence-corrected chi connectivity index (χ1v) is 11.0. The van der Waals surface area contributed by atoms with Crippen LogP contribution >= 0.6 is 11.3 Å². The number of carbonyl (C=O) groups is 1. The van der Waals surface area contributed by atoms with E-state index in [-0.39, 0.29) is 17.6 Å². The smallest absolute Gasteiger partial charge is 0.227 e. The number of hydrogen-bond acceptors (Lipinski definition) is 6. The molecule has 6 nitrogen and oxygen atoms in total. The Labute approximate surface area is 174 Å². The number of rotatable bonds is 6. The lowest BCUT2D eigenvalue weighted by Crippen LogP contribution is -2.48. The molecule has 0 spiro atoms. The molecular weight excluding hydrogens is 393 g/mol. The minimum absolute atomic E-state index is 0.0711. The molecule has 0 aliphatic carbocycles. The SMILES string of the molecule is O=C([C@@H]1CCCN(Cc2csc(COc3ccc(F)cc3)n2)C1)N1CCOCC1. The van der Waals surface area contributed by atoms with Crippen LogP contribution in [0.5, 0.6) is 5.75 Å². The minimum Gasteiger partial charge on any atom is -0.486 e. The van der Waals surface area contributed by atoms with E-state index in [1.807, 2.05) is 4.90 Å².